The van der Waals surface area contributed by atoms with Crippen molar-refractivity contribution in [2.75, 3.05) is 20.3 Å². The topological polar surface area (TPSA) is 56.2 Å². The molecule has 2 aromatic heterocycles. The highest BCUT2D eigenvalue weighted by Gasteiger charge is 2.21. The van der Waals surface area contributed by atoms with E-state index in [0.29, 0.717) is 19.1 Å². The van der Waals surface area contributed by atoms with Gasteiger partial charge < -0.3 is 14.6 Å². The number of rotatable bonds is 7. The molecule has 0 spiro atoms. The second kappa shape index (κ2) is 8.82. The first kappa shape index (κ1) is 19.1. The van der Waals surface area contributed by atoms with Crippen LogP contribution in [0.2, 0.25) is 0 Å². The highest BCUT2D eigenvalue weighted by Crippen LogP contribution is 2.28. The van der Waals surface area contributed by atoms with E-state index in [1.807, 2.05) is 19.9 Å². The number of hydrogen-bond donors (Lipinski definition) is 1. The molecule has 1 saturated carbocycles. The van der Waals surface area contributed by atoms with Crippen LogP contribution >= 0.6 is 11.3 Å². The Labute approximate surface area is 159 Å². The highest BCUT2D eigenvalue weighted by molar-refractivity contribution is 7.09. The lowest BCUT2D eigenvalue weighted by molar-refractivity contribution is 0.0942. The molecule has 0 radical (unpaired) electrons. The Bertz CT molecular complexity index is 744. The van der Waals surface area contributed by atoms with Crippen molar-refractivity contribution in [1.82, 2.24) is 14.9 Å². The van der Waals surface area contributed by atoms with Gasteiger partial charge in [0.05, 0.1) is 28.6 Å². The molecule has 142 valence electrons. The van der Waals surface area contributed by atoms with E-state index in [4.69, 9.17) is 4.74 Å². The van der Waals surface area contributed by atoms with E-state index in [0.717, 1.165) is 34.2 Å². The number of hydrogen-bond acceptors (Lipinski definition) is 4. The summed E-state index contributed by atoms with van der Waals surface area (Å²) in [5.74, 6) is 0.654. The van der Waals surface area contributed by atoms with Crippen LogP contribution in [0.25, 0.3) is 11.4 Å². The third kappa shape index (κ3) is 4.35. The molecule has 3 rings (SSSR count). The molecule has 0 aromatic carbocycles. The van der Waals surface area contributed by atoms with Crippen LogP contribution < -0.4 is 5.32 Å². The molecule has 1 aliphatic carbocycles. The third-order valence-electron chi connectivity index (χ3n) is 5.29. The van der Waals surface area contributed by atoms with Gasteiger partial charge >= 0.3 is 0 Å². The summed E-state index contributed by atoms with van der Waals surface area (Å²) in [6.45, 7) is 6.11. The summed E-state index contributed by atoms with van der Waals surface area (Å²) in [5, 5.41) is 6.24. The maximum absolute atomic E-state index is 12.8. The molecule has 0 saturated heterocycles. The molecule has 1 amide bonds. The number of carbonyl (C=O) groups is 1. The number of carbonyl (C=O) groups excluding carboxylic acids is 1. The maximum atomic E-state index is 12.8. The molecule has 2 aromatic rings. The first-order valence-corrected chi connectivity index (χ1v) is 10.4. The van der Waals surface area contributed by atoms with Gasteiger partial charge in [-0.05, 0) is 38.7 Å². The zero-order chi connectivity index (χ0) is 18.5. The Morgan fingerprint density at radius 3 is 2.77 bits per heavy atom. The molecule has 26 heavy (non-hydrogen) atoms. The van der Waals surface area contributed by atoms with Crippen LogP contribution in [0.15, 0.2) is 11.4 Å². The van der Waals surface area contributed by atoms with Gasteiger partial charge in [0, 0.05) is 31.3 Å². The Hall–Kier alpha value is -1.66. The van der Waals surface area contributed by atoms with E-state index in [1.165, 1.54) is 32.1 Å². The third-order valence-corrected chi connectivity index (χ3v) is 6.06. The van der Waals surface area contributed by atoms with Crippen molar-refractivity contribution in [3.05, 3.63) is 27.7 Å². The van der Waals surface area contributed by atoms with Crippen molar-refractivity contribution in [2.24, 2.45) is 5.92 Å². The monoisotopic (exact) mass is 375 g/mol. The Morgan fingerprint density at radius 1 is 1.35 bits per heavy atom. The number of ether oxygens (including phenoxy) is 1. The summed E-state index contributed by atoms with van der Waals surface area (Å²) < 4.78 is 7.40. The summed E-state index contributed by atoms with van der Waals surface area (Å²) in [6, 6.07) is 1.98. The summed E-state index contributed by atoms with van der Waals surface area (Å²) in [7, 11) is 1.70. The minimum Gasteiger partial charge on any atom is -0.383 e. The first-order chi connectivity index (χ1) is 12.6. The van der Waals surface area contributed by atoms with Gasteiger partial charge in [-0.2, -0.15) is 0 Å². The van der Waals surface area contributed by atoms with Crippen molar-refractivity contribution >= 4 is 17.2 Å². The van der Waals surface area contributed by atoms with Crippen LogP contribution in [-0.4, -0.2) is 35.7 Å². The van der Waals surface area contributed by atoms with E-state index in [2.05, 4.69) is 20.2 Å². The smallest absolute Gasteiger partial charge is 0.253 e. The van der Waals surface area contributed by atoms with Crippen molar-refractivity contribution in [3.63, 3.8) is 0 Å². The molecule has 5 nitrogen and oxygen atoms in total. The van der Waals surface area contributed by atoms with Gasteiger partial charge in [0.2, 0.25) is 0 Å². The average Bonchev–Trinajstić information content (AvgIpc) is 3.22. The van der Waals surface area contributed by atoms with Gasteiger partial charge in [0.15, 0.2) is 0 Å². The second-order valence-corrected chi connectivity index (χ2v) is 8.20. The number of aromatic nitrogens is 2. The molecule has 6 heteroatoms. The van der Waals surface area contributed by atoms with Gasteiger partial charge in [0.25, 0.3) is 5.91 Å². The second-order valence-electron chi connectivity index (χ2n) is 7.14. The number of amides is 1. The standard InChI is InChI=1S/C20H29N3O2S/c1-14-17(20(24)21-12-16-7-5-4-6-8-16)11-19(23(14)9-10-25-3)18-13-26-15(2)22-18/h11,13,16H,4-10,12H2,1-3H3,(H,21,24). The molecular formula is C20H29N3O2S. The molecule has 0 aliphatic heterocycles. The molecule has 0 atom stereocenters. The van der Waals surface area contributed by atoms with Crippen molar-refractivity contribution < 1.29 is 9.53 Å². The molecule has 0 bridgehead atoms. The normalized spacial score (nSPS) is 15.3. The fourth-order valence-corrected chi connectivity index (χ4v) is 4.37. The van der Waals surface area contributed by atoms with Gasteiger partial charge in [-0.25, -0.2) is 4.98 Å². The first-order valence-electron chi connectivity index (χ1n) is 9.50. The van der Waals surface area contributed by atoms with Gasteiger partial charge in [0.1, 0.15) is 0 Å². The van der Waals surface area contributed by atoms with Gasteiger partial charge in [-0.3, -0.25) is 4.79 Å². The molecule has 2 heterocycles. The van der Waals surface area contributed by atoms with Crippen LogP contribution in [-0.2, 0) is 11.3 Å². The largest absolute Gasteiger partial charge is 0.383 e. The maximum Gasteiger partial charge on any atom is 0.253 e. The number of methoxy groups -OCH3 is 1. The molecular weight excluding hydrogens is 346 g/mol. The minimum atomic E-state index is 0.0254. The lowest BCUT2D eigenvalue weighted by Crippen LogP contribution is -2.30. The average molecular weight is 376 g/mol. The Kier molecular flexibility index (Phi) is 6.48. The molecule has 1 N–H and O–H groups in total. The number of nitrogens with one attached hydrogen (secondary N) is 1. The van der Waals surface area contributed by atoms with E-state index in [1.54, 1.807) is 18.4 Å². The fraction of sp³-hybridized carbons (Fsp3) is 0.600. The minimum absolute atomic E-state index is 0.0254. The van der Waals surface area contributed by atoms with E-state index in [9.17, 15) is 4.79 Å². The summed E-state index contributed by atoms with van der Waals surface area (Å²) >= 11 is 1.63. The number of thiazole rings is 1. The fourth-order valence-electron chi connectivity index (χ4n) is 3.76. The van der Waals surface area contributed by atoms with Crippen molar-refractivity contribution in [3.8, 4) is 11.4 Å². The Balaban J connectivity index is 1.79. The SMILES string of the molecule is COCCn1c(-c2csc(C)n2)cc(C(=O)NCC2CCCCC2)c1C. The van der Waals surface area contributed by atoms with E-state index < -0.39 is 0 Å². The van der Waals surface area contributed by atoms with Gasteiger partial charge in [-0.1, -0.05) is 19.3 Å². The molecule has 1 fully saturated rings. The van der Waals surface area contributed by atoms with Crippen molar-refractivity contribution in [2.45, 2.75) is 52.5 Å². The predicted octanol–water partition coefficient (Wildman–Crippen LogP) is 4.18. The zero-order valence-corrected chi connectivity index (χ0v) is 16.8. The van der Waals surface area contributed by atoms with E-state index >= 15 is 0 Å². The van der Waals surface area contributed by atoms with E-state index in [-0.39, 0.29) is 5.91 Å². The van der Waals surface area contributed by atoms with Crippen LogP contribution in [0, 0.1) is 19.8 Å². The lowest BCUT2D eigenvalue weighted by Gasteiger charge is -2.21. The summed E-state index contributed by atoms with van der Waals surface area (Å²) in [5.41, 5.74) is 3.64. The molecule has 1 aliphatic rings. The number of aryl methyl sites for hydroxylation is 1. The van der Waals surface area contributed by atoms with Crippen LogP contribution in [0.5, 0.6) is 0 Å². The van der Waals surface area contributed by atoms with Crippen LogP contribution in [0.3, 0.4) is 0 Å². The quantitative estimate of drug-likeness (QED) is 0.790. The van der Waals surface area contributed by atoms with Gasteiger partial charge in [-0.15, -0.1) is 11.3 Å². The van der Waals surface area contributed by atoms with Crippen LogP contribution in [0.1, 0.15) is 53.2 Å². The summed E-state index contributed by atoms with van der Waals surface area (Å²) in [6.07, 6.45) is 6.39. The van der Waals surface area contributed by atoms with Crippen molar-refractivity contribution in [1.29, 1.82) is 0 Å². The lowest BCUT2D eigenvalue weighted by atomic mass is 9.89. The zero-order valence-electron chi connectivity index (χ0n) is 16.0. The number of nitrogens with zero attached hydrogens (tertiary/aromatic N) is 2. The summed E-state index contributed by atoms with van der Waals surface area (Å²) in [4.78, 5) is 17.4. The Morgan fingerprint density at radius 2 is 2.12 bits per heavy atom. The molecule has 0 unspecified atom stereocenters. The predicted molar refractivity (Wildman–Crippen MR) is 106 cm³/mol. The van der Waals surface area contributed by atoms with Crippen LogP contribution in [0.4, 0.5) is 0 Å². The highest BCUT2D eigenvalue weighted by atomic mass is 32.1.